The number of nitrogens with zero attached hydrogens (tertiary/aromatic N) is 3. The molecule has 0 saturated carbocycles. The number of nitrogens with one attached hydrogen (secondary N) is 1. The Morgan fingerprint density at radius 2 is 2.00 bits per heavy atom. The average molecular weight is 308 g/mol. The molecule has 5 nitrogen and oxygen atoms in total. The van der Waals surface area contributed by atoms with Crippen LogP contribution >= 0.6 is 0 Å². The Morgan fingerprint density at radius 3 is 2.70 bits per heavy atom. The van der Waals surface area contributed by atoms with Gasteiger partial charge in [0.1, 0.15) is 17.7 Å². The van der Waals surface area contributed by atoms with E-state index in [9.17, 15) is 4.79 Å². The van der Waals surface area contributed by atoms with Crippen LogP contribution in [0, 0.1) is 0 Å². The lowest BCUT2D eigenvalue weighted by Crippen LogP contribution is -2.44. The van der Waals surface area contributed by atoms with Crippen molar-refractivity contribution in [2.45, 2.75) is 39.2 Å². The second-order valence-corrected chi connectivity index (χ2v) is 5.93. The maximum absolute atomic E-state index is 12.3. The largest absolute Gasteiger partial charge is 0.313 e. The van der Waals surface area contributed by atoms with E-state index in [0.29, 0.717) is 6.42 Å². The molecular weight excluding hydrogens is 288 g/mol. The van der Waals surface area contributed by atoms with E-state index >= 15 is 0 Å². The number of hydrogen-bond donors (Lipinski definition) is 1. The highest BCUT2D eigenvalue weighted by Gasteiger charge is 2.45. The van der Waals surface area contributed by atoms with Crippen molar-refractivity contribution in [1.29, 1.82) is 0 Å². The number of amidine groups is 1. The number of amides is 1. The SMILES string of the molecule is C.CC1=NC2(CCc3c(cccc3-c3cncnc3)C2)C(=O)N1. The van der Waals surface area contributed by atoms with Gasteiger partial charge in [-0.15, -0.1) is 0 Å². The van der Waals surface area contributed by atoms with E-state index in [1.807, 2.05) is 25.4 Å². The monoisotopic (exact) mass is 308 g/mol. The molecule has 4 rings (SSSR count). The van der Waals surface area contributed by atoms with Gasteiger partial charge in [0, 0.05) is 24.4 Å². The average Bonchev–Trinajstić information content (AvgIpc) is 2.80. The van der Waals surface area contributed by atoms with Gasteiger partial charge < -0.3 is 5.32 Å². The zero-order valence-electron chi connectivity index (χ0n) is 12.3. The minimum absolute atomic E-state index is 0. The van der Waals surface area contributed by atoms with Crippen LogP contribution in [-0.4, -0.2) is 27.2 Å². The molecular formula is C18H20N4O. The number of rotatable bonds is 1. The molecule has 0 saturated heterocycles. The molecule has 2 heterocycles. The van der Waals surface area contributed by atoms with Crippen molar-refractivity contribution in [3.05, 3.63) is 48.0 Å². The van der Waals surface area contributed by atoms with Crippen molar-refractivity contribution in [3.8, 4) is 11.1 Å². The first kappa shape index (κ1) is 15.3. The molecule has 2 aliphatic rings. The van der Waals surface area contributed by atoms with Gasteiger partial charge in [-0.3, -0.25) is 9.79 Å². The fraction of sp³-hybridized carbons (Fsp3) is 0.333. The van der Waals surface area contributed by atoms with Gasteiger partial charge >= 0.3 is 0 Å². The molecule has 5 heteroatoms. The van der Waals surface area contributed by atoms with Crippen molar-refractivity contribution < 1.29 is 4.79 Å². The van der Waals surface area contributed by atoms with E-state index in [1.165, 1.54) is 17.5 Å². The molecule has 1 N–H and O–H groups in total. The standard InChI is InChI=1S/C17H16N4O.CH4/c1-11-20-16(22)17(21-11)6-5-15-12(7-17)3-2-4-14(15)13-8-18-10-19-9-13;/h2-4,8-10H,5-7H2,1H3,(H,20,21,22);1H4. The summed E-state index contributed by atoms with van der Waals surface area (Å²) in [4.78, 5) is 25.1. The number of benzene rings is 1. The zero-order valence-corrected chi connectivity index (χ0v) is 12.3. The lowest BCUT2D eigenvalue weighted by molar-refractivity contribution is -0.124. The summed E-state index contributed by atoms with van der Waals surface area (Å²) in [5.74, 6) is 0.755. The van der Waals surface area contributed by atoms with Crippen LogP contribution in [0.4, 0.5) is 0 Å². The first-order valence-corrected chi connectivity index (χ1v) is 7.42. The fourth-order valence-corrected chi connectivity index (χ4v) is 3.51. The van der Waals surface area contributed by atoms with E-state index in [2.05, 4.69) is 32.4 Å². The molecule has 1 atom stereocenters. The highest BCUT2D eigenvalue weighted by molar-refractivity contribution is 6.07. The van der Waals surface area contributed by atoms with Gasteiger partial charge in [0.25, 0.3) is 5.91 Å². The third kappa shape index (κ3) is 2.42. The van der Waals surface area contributed by atoms with Crippen molar-refractivity contribution >= 4 is 11.7 Å². The minimum Gasteiger partial charge on any atom is -0.313 e. The lowest BCUT2D eigenvalue weighted by atomic mass is 9.76. The molecule has 1 aromatic carbocycles. The fourth-order valence-electron chi connectivity index (χ4n) is 3.51. The van der Waals surface area contributed by atoms with Crippen LogP contribution in [0.5, 0.6) is 0 Å². The van der Waals surface area contributed by atoms with Crippen LogP contribution < -0.4 is 5.32 Å². The summed E-state index contributed by atoms with van der Waals surface area (Å²) in [7, 11) is 0. The molecule has 1 aromatic heterocycles. The highest BCUT2D eigenvalue weighted by atomic mass is 16.2. The van der Waals surface area contributed by atoms with E-state index < -0.39 is 5.54 Å². The van der Waals surface area contributed by atoms with Gasteiger partial charge in [0.15, 0.2) is 0 Å². The first-order chi connectivity index (χ1) is 10.7. The summed E-state index contributed by atoms with van der Waals surface area (Å²) >= 11 is 0. The molecule has 1 aliphatic carbocycles. The van der Waals surface area contributed by atoms with Gasteiger partial charge in [-0.05, 0) is 36.5 Å². The molecule has 2 aromatic rings. The Bertz CT molecular complexity index is 785. The van der Waals surface area contributed by atoms with Crippen LogP contribution in [0.1, 0.15) is 31.9 Å². The summed E-state index contributed by atoms with van der Waals surface area (Å²) in [5, 5.41) is 2.85. The van der Waals surface area contributed by atoms with Gasteiger partial charge in [-0.25, -0.2) is 9.97 Å². The van der Waals surface area contributed by atoms with Crippen LogP contribution in [0.15, 0.2) is 41.9 Å². The summed E-state index contributed by atoms with van der Waals surface area (Å²) in [6.07, 6.45) is 7.44. The Morgan fingerprint density at radius 1 is 1.22 bits per heavy atom. The van der Waals surface area contributed by atoms with E-state index in [4.69, 9.17) is 0 Å². The predicted octanol–water partition coefficient (Wildman–Crippen LogP) is 2.56. The Kier molecular flexibility index (Phi) is 3.72. The third-order valence-corrected chi connectivity index (χ3v) is 4.51. The number of aliphatic imine (C=N–C) groups is 1. The number of aromatic nitrogens is 2. The quantitative estimate of drug-likeness (QED) is 0.880. The molecule has 118 valence electrons. The first-order valence-electron chi connectivity index (χ1n) is 7.42. The van der Waals surface area contributed by atoms with Crippen LogP contribution in [0.3, 0.4) is 0 Å². The topological polar surface area (TPSA) is 67.2 Å². The smallest absolute Gasteiger partial charge is 0.253 e. The Labute approximate surface area is 135 Å². The maximum atomic E-state index is 12.3. The van der Waals surface area contributed by atoms with E-state index in [1.54, 1.807) is 0 Å². The molecule has 0 radical (unpaired) electrons. The molecule has 1 aliphatic heterocycles. The number of fused-ring (bicyclic) bond motifs is 1. The summed E-state index contributed by atoms with van der Waals surface area (Å²) in [6.45, 7) is 1.85. The van der Waals surface area contributed by atoms with Gasteiger partial charge in [0.2, 0.25) is 0 Å². The van der Waals surface area contributed by atoms with E-state index in [0.717, 1.165) is 29.8 Å². The van der Waals surface area contributed by atoms with Crippen molar-refractivity contribution in [2.24, 2.45) is 4.99 Å². The van der Waals surface area contributed by atoms with Crippen molar-refractivity contribution in [3.63, 3.8) is 0 Å². The number of carbonyl (C=O) groups excluding carboxylic acids is 1. The predicted molar refractivity (Wildman–Crippen MR) is 90.2 cm³/mol. The Balaban J connectivity index is 0.00000156. The second-order valence-electron chi connectivity index (χ2n) is 5.93. The van der Waals surface area contributed by atoms with Gasteiger partial charge in [-0.1, -0.05) is 25.6 Å². The van der Waals surface area contributed by atoms with E-state index in [-0.39, 0.29) is 13.3 Å². The van der Waals surface area contributed by atoms with Gasteiger partial charge in [-0.2, -0.15) is 0 Å². The minimum atomic E-state index is -0.608. The Hall–Kier alpha value is -2.56. The van der Waals surface area contributed by atoms with Crippen LogP contribution in [0.2, 0.25) is 0 Å². The number of carbonyl (C=O) groups is 1. The normalized spacial score (nSPS) is 22.1. The zero-order chi connectivity index (χ0) is 15.2. The van der Waals surface area contributed by atoms with Crippen molar-refractivity contribution in [1.82, 2.24) is 15.3 Å². The number of hydrogen-bond acceptors (Lipinski definition) is 4. The van der Waals surface area contributed by atoms with Crippen molar-refractivity contribution in [2.75, 3.05) is 0 Å². The molecule has 0 bridgehead atoms. The van der Waals surface area contributed by atoms with Crippen LogP contribution in [0.25, 0.3) is 11.1 Å². The summed E-state index contributed by atoms with van der Waals surface area (Å²) < 4.78 is 0. The highest BCUT2D eigenvalue weighted by Crippen LogP contribution is 2.38. The maximum Gasteiger partial charge on any atom is 0.253 e. The van der Waals surface area contributed by atoms with Gasteiger partial charge in [0.05, 0.1) is 0 Å². The summed E-state index contributed by atoms with van der Waals surface area (Å²) in [5.41, 5.74) is 4.05. The lowest BCUT2D eigenvalue weighted by Gasteiger charge is -2.31. The molecule has 1 unspecified atom stereocenters. The molecule has 23 heavy (non-hydrogen) atoms. The molecule has 1 spiro atoms. The van der Waals surface area contributed by atoms with Crippen LogP contribution in [-0.2, 0) is 17.6 Å². The molecule has 0 fully saturated rings. The summed E-state index contributed by atoms with van der Waals surface area (Å²) in [6, 6.07) is 6.22. The third-order valence-electron chi connectivity index (χ3n) is 4.51. The second kappa shape index (κ2) is 5.57. The molecule has 1 amide bonds.